The van der Waals surface area contributed by atoms with E-state index in [-0.39, 0.29) is 0 Å². The fourth-order valence-electron chi connectivity index (χ4n) is 4.84. The summed E-state index contributed by atoms with van der Waals surface area (Å²) in [6.45, 7) is 11.6. The molecule has 8 heteroatoms. The molecule has 1 aromatic heterocycles. The van der Waals surface area contributed by atoms with Gasteiger partial charge in [-0.2, -0.15) is 0 Å². The molecular weight excluding hydrogens is 478 g/mol. The maximum absolute atomic E-state index is 5.95. The lowest BCUT2D eigenvalue weighted by Crippen LogP contribution is -2.44. The average molecular weight is 516 g/mol. The number of rotatable bonds is 9. The zero-order valence-electron chi connectivity index (χ0n) is 21.9. The number of nitrogens with zero attached hydrogens (tertiary/aromatic N) is 5. The van der Waals surface area contributed by atoms with Gasteiger partial charge < -0.3 is 20.9 Å². The highest BCUT2D eigenvalue weighted by Crippen LogP contribution is 2.35. The molecule has 0 saturated carbocycles. The molecule has 7 nitrogen and oxygen atoms in total. The molecule has 0 unspecified atom stereocenters. The van der Waals surface area contributed by atoms with Gasteiger partial charge in [-0.3, -0.25) is 4.99 Å². The summed E-state index contributed by atoms with van der Waals surface area (Å²) in [6.07, 6.45) is 2.83. The first-order valence-electron chi connectivity index (χ1n) is 13.3. The Kier molecular flexibility index (Phi) is 8.28. The minimum absolute atomic E-state index is 0.628. The molecule has 194 valence electrons. The normalized spacial score (nSPS) is 16.4. The van der Waals surface area contributed by atoms with E-state index in [1.807, 2.05) is 5.38 Å². The molecule has 2 aliphatic heterocycles. The maximum atomic E-state index is 5.95. The monoisotopic (exact) mass is 515 g/mol. The van der Waals surface area contributed by atoms with E-state index in [9.17, 15) is 0 Å². The molecule has 3 aromatic rings. The van der Waals surface area contributed by atoms with Gasteiger partial charge in [-0.05, 0) is 48.1 Å². The van der Waals surface area contributed by atoms with Crippen LogP contribution in [0.3, 0.4) is 0 Å². The highest BCUT2D eigenvalue weighted by atomic mass is 32.1. The molecule has 3 heterocycles. The van der Waals surface area contributed by atoms with Gasteiger partial charge in [0.25, 0.3) is 0 Å². The number of thiazole rings is 1. The van der Waals surface area contributed by atoms with E-state index in [0.29, 0.717) is 24.6 Å². The average Bonchev–Trinajstić information content (AvgIpc) is 3.42. The van der Waals surface area contributed by atoms with Crippen LogP contribution < -0.4 is 16.0 Å². The Balaban J connectivity index is 1.35. The molecule has 0 spiro atoms. The van der Waals surface area contributed by atoms with Crippen LogP contribution >= 0.6 is 11.3 Å². The second-order valence-electron chi connectivity index (χ2n) is 9.77. The van der Waals surface area contributed by atoms with E-state index in [0.717, 1.165) is 62.9 Å². The van der Waals surface area contributed by atoms with Gasteiger partial charge in [0, 0.05) is 63.3 Å². The van der Waals surface area contributed by atoms with Gasteiger partial charge in [-0.1, -0.05) is 43.3 Å². The lowest BCUT2D eigenvalue weighted by atomic mass is 10.00. The second kappa shape index (κ2) is 12.0. The number of benzene rings is 2. The molecular formula is C29H37N7S. The molecule has 0 atom stereocenters. The summed E-state index contributed by atoms with van der Waals surface area (Å²) in [5.74, 6) is 1.27. The minimum Gasteiger partial charge on any atom is -0.387 e. The van der Waals surface area contributed by atoms with Gasteiger partial charge >= 0.3 is 0 Å². The molecule has 0 bridgehead atoms. The summed E-state index contributed by atoms with van der Waals surface area (Å²) in [5.41, 5.74) is 13.0. The minimum atomic E-state index is 0.628. The number of nitrogens with two attached hydrogens (primary N) is 1. The first-order chi connectivity index (χ1) is 18.1. The second-order valence-corrected chi connectivity index (χ2v) is 10.6. The zero-order valence-corrected chi connectivity index (χ0v) is 22.7. The number of aliphatic imine (C=N–C) groups is 2. The lowest BCUT2D eigenvalue weighted by molar-refractivity contribution is 0.244. The molecule has 5 rings (SSSR count). The van der Waals surface area contributed by atoms with Crippen LogP contribution in [0.1, 0.15) is 36.6 Å². The number of amidine groups is 2. The van der Waals surface area contributed by atoms with Crippen molar-refractivity contribution in [2.24, 2.45) is 15.7 Å². The van der Waals surface area contributed by atoms with Crippen LogP contribution in [0.4, 0.5) is 10.8 Å². The van der Waals surface area contributed by atoms with Crippen LogP contribution in [-0.2, 0) is 6.42 Å². The Bertz CT molecular complexity index is 1260. The van der Waals surface area contributed by atoms with Gasteiger partial charge in [0.2, 0.25) is 0 Å². The van der Waals surface area contributed by atoms with Gasteiger partial charge in [-0.15, -0.1) is 11.3 Å². The number of hydrogen-bond donors (Lipinski definition) is 2. The molecule has 0 aliphatic carbocycles. The van der Waals surface area contributed by atoms with Crippen molar-refractivity contribution in [2.75, 3.05) is 50.7 Å². The Labute approximate surface area is 224 Å². The zero-order chi connectivity index (χ0) is 25.6. The SMILES string of the molecule is CCCN(c1nc(C2=NCCC(N)=N2)cs1)c1cc(-c2ccc(CCN3CCNCC3)cc2)ccc1C. The van der Waals surface area contributed by atoms with E-state index in [4.69, 9.17) is 10.7 Å². The Morgan fingerprint density at radius 3 is 2.62 bits per heavy atom. The van der Waals surface area contributed by atoms with Crippen molar-refractivity contribution in [1.82, 2.24) is 15.2 Å². The molecule has 0 radical (unpaired) electrons. The Morgan fingerprint density at radius 2 is 1.86 bits per heavy atom. The smallest absolute Gasteiger partial charge is 0.190 e. The van der Waals surface area contributed by atoms with Crippen molar-refractivity contribution in [1.29, 1.82) is 0 Å². The maximum Gasteiger partial charge on any atom is 0.190 e. The molecule has 2 aromatic carbocycles. The third kappa shape index (κ3) is 6.26. The van der Waals surface area contributed by atoms with Gasteiger partial charge in [-0.25, -0.2) is 9.98 Å². The van der Waals surface area contributed by atoms with Crippen molar-refractivity contribution in [3.05, 3.63) is 64.7 Å². The van der Waals surface area contributed by atoms with Gasteiger partial charge in [0.05, 0.1) is 0 Å². The first kappa shape index (κ1) is 25.6. The predicted octanol–water partition coefficient (Wildman–Crippen LogP) is 4.62. The molecule has 2 aliphatic rings. The van der Waals surface area contributed by atoms with Crippen LogP contribution in [0.5, 0.6) is 0 Å². The fraction of sp³-hybridized carbons (Fsp3) is 0.414. The fourth-order valence-corrected chi connectivity index (χ4v) is 5.68. The van der Waals surface area contributed by atoms with Crippen LogP contribution in [-0.4, -0.2) is 67.4 Å². The molecule has 1 fully saturated rings. The quantitative estimate of drug-likeness (QED) is 0.435. The summed E-state index contributed by atoms with van der Waals surface area (Å²) >= 11 is 1.63. The van der Waals surface area contributed by atoms with E-state index < -0.39 is 0 Å². The van der Waals surface area contributed by atoms with Gasteiger partial charge in [0.15, 0.2) is 11.0 Å². The summed E-state index contributed by atoms with van der Waals surface area (Å²) in [6, 6.07) is 15.8. The Hall–Kier alpha value is -3.07. The summed E-state index contributed by atoms with van der Waals surface area (Å²) in [4.78, 5) is 18.7. The standard InChI is InChI=1S/C29H37N7S/c1-3-15-36(29-33-25(20-37-29)28-32-12-10-27(30)34-28)26-19-24(7-4-21(26)2)23-8-5-22(6-9-23)11-16-35-17-13-31-14-18-35/h4-9,19-20,31H,3,10-18H2,1-2H3,(H2,30,32,34). The van der Waals surface area contributed by atoms with E-state index in [1.165, 1.54) is 27.9 Å². The number of aryl methyl sites for hydroxylation is 1. The first-order valence-corrected chi connectivity index (χ1v) is 14.2. The van der Waals surface area contributed by atoms with Gasteiger partial charge in [0.1, 0.15) is 11.5 Å². The van der Waals surface area contributed by atoms with Crippen molar-refractivity contribution in [3.63, 3.8) is 0 Å². The Morgan fingerprint density at radius 1 is 1.08 bits per heavy atom. The highest BCUT2D eigenvalue weighted by Gasteiger charge is 2.19. The summed E-state index contributed by atoms with van der Waals surface area (Å²) in [5, 5.41) is 6.43. The largest absolute Gasteiger partial charge is 0.387 e. The predicted molar refractivity (Wildman–Crippen MR) is 157 cm³/mol. The van der Waals surface area contributed by atoms with Crippen LogP contribution in [0.2, 0.25) is 0 Å². The van der Waals surface area contributed by atoms with E-state index >= 15 is 0 Å². The van der Waals surface area contributed by atoms with Crippen LogP contribution in [0.25, 0.3) is 11.1 Å². The topological polar surface area (TPSA) is 82.1 Å². The molecule has 0 amide bonds. The third-order valence-electron chi connectivity index (χ3n) is 6.99. The molecule has 37 heavy (non-hydrogen) atoms. The lowest BCUT2D eigenvalue weighted by Gasteiger charge is -2.27. The number of hydrogen-bond acceptors (Lipinski definition) is 8. The number of nitrogens with one attached hydrogen (secondary N) is 1. The van der Waals surface area contributed by atoms with Crippen LogP contribution in [0.15, 0.2) is 57.8 Å². The van der Waals surface area contributed by atoms with Crippen molar-refractivity contribution in [2.45, 2.75) is 33.1 Å². The number of piperazine rings is 1. The van der Waals surface area contributed by atoms with Crippen molar-refractivity contribution < 1.29 is 0 Å². The van der Waals surface area contributed by atoms with Crippen LogP contribution in [0, 0.1) is 6.92 Å². The van der Waals surface area contributed by atoms with E-state index in [2.05, 4.69) is 81.4 Å². The third-order valence-corrected chi connectivity index (χ3v) is 7.86. The highest BCUT2D eigenvalue weighted by molar-refractivity contribution is 7.14. The summed E-state index contributed by atoms with van der Waals surface area (Å²) in [7, 11) is 0. The number of anilines is 2. The number of aromatic nitrogens is 1. The van der Waals surface area contributed by atoms with Crippen molar-refractivity contribution >= 4 is 33.8 Å². The van der Waals surface area contributed by atoms with Crippen molar-refractivity contribution in [3.8, 4) is 11.1 Å². The molecule has 1 saturated heterocycles. The van der Waals surface area contributed by atoms with E-state index in [1.54, 1.807) is 11.3 Å². The molecule has 3 N–H and O–H groups in total. The summed E-state index contributed by atoms with van der Waals surface area (Å²) < 4.78 is 0.